The zero-order valence-corrected chi connectivity index (χ0v) is 11.2. The fraction of sp³-hybridized carbons (Fsp3) is 0.364. The van der Waals surface area contributed by atoms with Crippen molar-refractivity contribution in [3.05, 3.63) is 22.4 Å². The third-order valence-corrected chi connectivity index (χ3v) is 3.30. The number of nitrogens with zero attached hydrogens (tertiary/aromatic N) is 3. The number of esters is 1. The van der Waals surface area contributed by atoms with E-state index < -0.39 is 5.97 Å². The first kappa shape index (κ1) is 12.0. The number of aryl methyl sites for hydroxylation is 1. The molecule has 90 valence electrons. The van der Waals surface area contributed by atoms with Crippen LogP contribution in [-0.4, -0.2) is 27.8 Å². The number of carbonyl (C=O) groups excluding carboxylic acids is 1. The number of ether oxygens (including phenoxy) is 1. The summed E-state index contributed by atoms with van der Waals surface area (Å²) in [5.41, 5.74) is 1.18. The van der Waals surface area contributed by atoms with Crippen molar-refractivity contribution in [2.75, 3.05) is 7.11 Å². The molecule has 2 rings (SSSR count). The summed E-state index contributed by atoms with van der Waals surface area (Å²) in [6.45, 7) is 2.88. The Balaban J connectivity index is 2.57. The summed E-state index contributed by atoms with van der Waals surface area (Å²) < 4.78 is 7.18. The van der Waals surface area contributed by atoms with Crippen molar-refractivity contribution >= 4 is 32.9 Å². The molecule has 0 aliphatic heterocycles. The lowest BCUT2D eigenvalue weighted by Gasteiger charge is -2.04. The summed E-state index contributed by atoms with van der Waals surface area (Å²) in [5, 5.41) is 5.06. The molecule has 2 aromatic rings. The van der Waals surface area contributed by atoms with Gasteiger partial charge in [-0.15, -0.1) is 0 Å². The van der Waals surface area contributed by atoms with Gasteiger partial charge in [0.2, 0.25) is 0 Å². The van der Waals surface area contributed by atoms with Crippen LogP contribution in [-0.2, 0) is 11.3 Å². The molecule has 0 unspecified atom stereocenters. The molecule has 2 heterocycles. The molecule has 0 radical (unpaired) electrons. The molecular formula is C11H12BrN3O2. The summed E-state index contributed by atoms with van der Waals surface area (Å²) in [6.07, 6.45) is 4.19. The Morgan fingerprint density at radius 2 is 2.29 bits per heavy atom. The molecule has 0 aliphatic carbocycles. The number of methoxy groups -OCH3 is 1. The van der Waals surface area contributed by atoms with Crippen molar-refractivity contribution in [3.8, 4) is 0 Å². The van der Waals surface area contributed by atoms with Gasteiger partial charge in [-0.2, -0.15) is 5.10 Å². The van der Waals surface area contributed by atoms with E-state index in [0.29, 0.717) is 10.0 Å². The molecule has 0 fully saturated rings. The minimum absolute atomic E-state index is 0.408. The second kappa shape index (κ2) is 4.83. The number of hydrogen-bond acceptors (Lipinski definition) is 4. The van der Waals surface area contributed by atoms with Crippen LogP contribution in [0.4, 0.5) is 0 Å². The minimum Gasteiger partial charge on any atom is -0.465 e. The third kappa shape index (κ3) is 2.04. The minimum atomic E-state index is -0.408. The van der Waals surface area contributed by atoms with Crippen molar-refractivity contribution < 1.29 is 9.53 Å². The van der Waals surface area contributed by atoms with E-state index in [9.17, 15) is 4.79 Å². The topological polar surface area (TPSA) is 57.0 Å². The van der Waals surface area contributed by atoms with E-state index >= 15 is 0 Å². The molecule has 0 bridgehead atoms. The molecule has 6 heteroatoms. The molecule has 17 heavy (non-hydrogen) atoms. The van der Waals surface area contributed by atoms with E-state index in [1.165, 1.54) is 13.3 Å². The van der Waals surface area contributed by atoms with Gasteiger partial charge < -0.3 is 4.74 Å². The maximum atomic E-state index is 11.5. The standard InChI is InChI=1S/C11H12BrN3O2/c1-3-4-15-10-7(6-14-15)9(12)8(5-13-10)11(16)17-2/h5-6H,3-4H2,1-2H3. The molecule has 0 spiro atoms. The van der Waals surface area contributed by atoms with Gasteiger partial charge in [0.15, 0.2) is 5.65 Å². The van der Waals surface area contributed by atoms with Gasteiger partial charge in [-0.3, -0.25) is 0 Å². The van der Waals surface area contributed by atoms with Crippen LogP contribution in [0.25, 0.3) is 11.0 Å². The number of carbonyl (C=O) groups is 1. The molecule has 0 N–H and O–H groups in total. The number of pyridine rings is 1. The van der Waals surface area contributed by atoms with Gasteiger partial charge in [0, 0.05) is 17.2 Å². The van der Waals surface area contributed by atoms with Crippen molar-refractivity contribution in [2.24, 2.45) is 0 Å². The van der Waals surface area contributed by atoms with E-state index in [4.69, 9.17) is 0 Å². The number of aromatic nitrogens is 3. The molecule has 0 saturated heterocycles. The average molecular weight is 298 g/mol. The fourth-order valence-electron chi connectivity index (χ4n) is 1.63. The van der Waals surface area contributed by atoms with Crippen LogP contribution in [0.2, 0.25) is 0 Å². The Kier molecular flexibility index (Phi) is 3.42. The Labute approximate surface area is 107 Å². The Morgan fingerprint density at radius 3 is 2.94 bits per heavy atom. The molecule has 0 amide bonds. The van der Waals surface area contributed by atoms with Gasteiger partial charge in [-0.1, -0.05) is 6.92 Å². The molecular weight excluding hydrogens is 286 g/mol. The predicted molar refractivity (Wildman–Crippen MR) is 66.9 cm³/mol. The van der Waals surface area contributed by atoms with Crippen LogP contribution in [0.3, 0.4) is 0 Å². The van der Waals surface area contributed by atoms with Gasteiger partial charge in [0.05, 0.1) is 24.3 Å². The molecule has 2 aromatic heterocycles. The molecule has 0 atom stereocenters. The van der Waals surface area contributed by atoms with Crippen LogP contribution in [0.5, 0.6) is 0 Å². The maximum absolute atomic E-state index is 11.5. The van der Waals surface area contributed by atoms with Crippen molar-refractivity contribution in [1.82, 2.24) is 14.8 Å². The van der Waals surface area contributed by atoms with E-state index in [1.807, 2.05) is 4.68 Å². The predicted octanol–water partition coefficient (Wildman–Crippen LogP) is 2.39. The van der Waals surface area contributed by atoms with Crippen LogP contribution in [0, 0.1) is 0 Å². The Morgan fingerprint density at radius 1 is 1.53 bits per heavy atom. The van der Waals surface area contributed by atoms with Gasteiger partial charge in [-0.05, 0) is 22.4 Å². The van der Waals surface area contributed by atoms with E-state index in [1.54, 1.807) is 6.20 Å². The number of rotatable bonds is 3. The van der Waals surface area contributed by atoms with E-state index in [2.05, 4.69) is 37.7 Å². The smallest absolute Gasteiger partial charge is 0.340 e. The van der Waals surface area contributed by atoms with Crippen LogP contribution < -0.4 is 0 Å². The molecule has 0 aromatic carbocycles. The van der Waals surface area contributed by atoms with Crippen LogP contribution in [0.15, 0.2) is 16.9 Å². The summed E-state index contributed by atoms with van der Waals surface area (Å²) in [6, 6.07) is 0. The van der Waals surface area contributed by atoms with Gasteiger partial charge in [-0.25, -0.2) is 14.5 Å². The van der Waals surface area contributed by atoms with Crippen LogP contribution >= 0.6 is 15.9 Å². The first-order valence-corrected chi connectivity index (χ1v) is 6.06. The largest absolute Gasteiger partial charge is 0.465 e. The quantitative estimate of drug-likeness (QED) is 0.816. The molecule has 0 saturated carbocycles. The lowest BCUT2D eigenvalue weighted by molar-refractivity contribution is 0.0599. The SMILES string of the molecule is CCCn1ncc2c(Br)c(C(=O)OC)cnc21. The summed E-state index contributed by atoms with van der Waals surface area (Å²) in [4.78, 5) is 15.8. The zero-order valence-electron chi connectivity index (χ0n) is 9.61. The first-order chi connectivity index (χ1) is 8.19. The highest BCUT2D eigenvalue weighted by Gasteiger charge is 2.16. The highest BCUT2D eigenvalue weighted by molar-refractivity contribution is 9.10. The van der Waals surface area contributed by atoms with Gasteiger partial charge in [0.1, 0.15) is 0 Å². The van der Waals surface area contributed by atoms with E-state index in [-0.39, 0.29) is 0 Å². The van der Waals surface area contributed by atoms with Crippen molar-refractivity contribution in [2.45, 2.75) is 19.9 Å². The van der Waals surface area contributed by atoms with Crippen molar-refractivity contribution in [1.29, 1.82) is 0 Å². The summed E-state index contributed by atoms with van der Waals surface area (Å²) >= 11 is 3.39. The highest BCUT2D eigenvalue weighted by atomic mass is 79.9. The normalized spacial score (nSPS) is 10.8. The first-order valence-electron chi connectivity index (χ1n) is 5.27. The number of halogens is 1. The lowest BCUT2D eigenvalue weighted by atomic mass is 10.2. The Bertz CT molecular complexity index is 565. The van der Waals surface area contributed by atoms with E-state index in [0.717, 1.165) is 24.0 Å². The maximum Gasteiger partial charge on any atom is 0.340 e. The number of fused-ring (bicyclic) bond motifs is 1. The summed E-state index contributed by atoms with van der Waals surface area (Å²) in [7, 11) is 1.35. The number of hydrogen-bond donors (Lipinski definition) is 0. The van der Waals surface area contributed by atoms with Crippen molar-refractivity contribution in [3.63, 3.8) is 0 Å². The monoisotopic (exact) mass is 297 g/mol. The second-order valence-electron chi connectivity index (χ2n) is 3.58. The lowest BCUT2D eigenvalue weighted by Crippen LogP contribution is -2.05. The third-order valence-electron chi connectivity index (χ3n) is 2.44. The fourth-order valence-corrected chi connectivity index (χ4v) is 2.17. The van der Waals surface area contributed by atoms with Gasteiger partial charge >= 0.3 is 5.97 Å². The second-order valence-corrected chi connectivity index (χ2v) is 4.38. The average Bonchev–Trinajstić information content (AvgIpc) is 2.74. The summed E-state index contributed by atoms with van der Waals surface area (Å²) in [5.74, 6) is -0.408. The molecule has 5 nitrogen and oxygen atoms in total. The zero-order chi connectivity index (χ0) is 12.4. The molecule has 0 aliphatic rings. The van der Waals surface area contributed by atoms with Gasteiger partial charge in [0.25, 0.3) is 0 Å². The van der Waals surface area contributed by atoms with Crippen LogP contribution in [0.1, 0.15) is 23.7 Å². The highest BCUT2D eigenvalue weighted by Crippen LogP contribution is 2.26. The Hall–Kier alpha value is -1.43.